The molecule has 0 saturated carbocycles. The average molecular weight is 359 g/mol. The summed E-state index contributed by atoms with van der Waals surface area (Å²) in [5.41, 5.74) is 3.72. The van der Waals surface area contributed by atoms with Gasteiger partial charge in [-0.25, -0.2) is 0 Å². The van der Waals surface area contributed by atoms with Gasteiger partial charge in [-0.3, -0.25) is 14.7 Å². The number of anilines is 1. The molecule has 144 valence electrons. The monoisotopic (exact) mass is 358 g/mol. The molecule has 0 aromatic carbocycles. The van der Waals surface area contributed by atoms with Gasteiger partial charge in [0.1, 0.15) is 0 Å². The SMILES string of the molecule is CC(=O)N1CCCC1c1cc(N2CCN(CC(C)(C)C)CC2)cc(C)n1. The van der Waals surface area contributed by atoms with Gasteiger partial charge in [0, 0.05) is 57.6 Å². The van der Waals surface area contributed by atoms with Crippen LogP contribution in [0.3, 0.4) is 0 Å². The van der Waals surface area contributed by atoms with Crippen molar-refractivity contribution in [3.05, 3.63) is 23.5 Å². The van der Waals surface area contributed by atoms with E-state index in [-0.39, 0.29) is 11.9 Å². The normalized spacial score (nSPS) is 22.1. The first-order chi connectivity index (χ1) is 12.2. The molecule has 5 nitrogen and oxygen atoms in total. The molecule has 3 rings (SSSR count). The highest BCUT2D eigenvalue weighted by Crippen LogP contribution is 2.33. The molecule has 0 bridgehead atoms. The maximum atomic E-state index is 11.9. The zero-order valence-corrected chi connectivity index (χ0v) is 17.1. The van der Waals surface area contributed by atoms with Crippen LogP contribution in [0.1, 0.15) is 58.0 Å². The van der Waals surface area contributed by atoms with Gasteiger partial charge >= 0.3 is 0 Å². The smallest absolute Gasteiger partial charge is 0.220 e. The minimum absolute atomic E-state index is 0.147. The summed E-state index contributed by atoms with van der Waals surface area (Å²) in [5, 5.41) is 0. The number of hydrogen-bond acceptors (Lipinski definition) is 4. The molecule has 2 saturated heterocycles. The Labute approximate surface area is 158 Å². The van der Waals surface area contributed by atoms with Crippen LogP contribution in [0.15, 0.2) is 12.1 Å². The van der Waals surface area contributed by atoms with Crippen LogP contribution in [0.2, 0.25) is 0 Å². The Hall–Kier alpha value is -1.62. The number of piperazine rings is 1. The summed E-state index contributed by atoms with van der Waals surface area (Å²) < 4.78 is 0. The van der Waals surface area contributed by atoms with Crippen molar-refractivity contribution in [3.8, 4) is 0 Å². The van der Waals surface area contributed by atoms with Gasteiger partial charge < -0.3 is 9.80 Å². The first kappa shape index (κ1) is 19.2. The minimum atomic E-state index is 0.147. The Morgan fingerprint density at radius 2 is 1.85 bits per heavy atom. The van der Waals surface area contributed by atoms with E-state index in [0.717, 1.165) is 63.5 Å². The van der Waals surface area contributed by atoms with Crippen molar-refractivity contribution in [2.24, 2.45) is 5.41 Å². The second kappa shape index (κ2) is 7.55. The highest BCUT2D eigenvalue weighted by Gasteiger charge is 2.30. The van der Waals surface area contributed by atoms with E-state index < -0.39 is 0 Å². The zero-order chi connectivity index (χ0) is 18.9. The lowest BCUT2D eigenvalue weighted by Crippen LogP contribution is -2.48. The molecule has 1 atom stereocenters. The number of aromatic nitrogens is 1. The van der Waals surface area contributed by atoms with Crippen LogP contribution >= 0.6 is 0 Å². The van der Waals surface area contributed by atoms with Crippen molar-refractivity contribution >= 4 is 11.6 Å². The first-order valence-corrected chi connectivity index (χ1v) is 9.96. The summed E-state index contributed by atoms with van der Waals surface area (Å²) in [5.74, 6) is 0.160. The largest absolute Gasteiger partial charge is 0.369 e. The van der Waals surface area contributed by atoms with Crippen molar-refractivity contribution in [1.29, 1.82) is 0 Å². The van der Waals surface area contributed by atoms with Crippen molar-refractivity contribution in [2.75, 3.05) is 44.2 Å². The number of hydrogen-bond donors (Lipinski definition) is 0. The molecule has 2 fully saturated rings. The van der Waals surface area contributed by atoms with E-state index in [4.69, 9.17) is 4.98 Å². The number of likely N-dealkylation sites (tertiary alicyclic amines) is 1. The summed E-state index contributed by atoms with van der Waals surface area (Å²) in [6.07, 6.45) is 2.09. The molecule has 0 aliphatic carbocycles. The standard InChI is InChI=1S/C21H34N4O/c1-16-13-18(24-11-9-23(10-12-24)15-21(3,4)5)14-19(22-16)20-7-6-8-25(20)17(2)26/h13-14,20H,6-12,15H2,1-5H3. The van der Waals surface area contributed by atoms with Crippen LogP contribution in [0.5, 0.6) is 0 Å². The van der Waals surface area contributed by atoms with Gasteiger partial charge in [-0.1, -0.05) is 20.8 Å². The summed E-state index contributed by atoms with van der Waals surface area (Å²) in [6.45, 7) is 17.0. The number of amides is 1. The fourth-order valence-electron chi connectivity index (χ4n) is 4.31. The maximum Gasteiger partial charge on any atom is 0.220 e. The van der Waals surface area contributed by atoms with Crippen molar-refractivity contribution in [3.63, 3.8) is 0 Å². The fraction of sp³-hybridized carbons (Fsp3) is 0.714. The molecule has 2 aliphatic rings. The van der Waals surface area contributed by atoms with Crippen LogP contribution in [0.4, 0.5) is 5.69 Å². The lowest BCUT2D eigenvalue weighted by atomic mass is 9.96. The third kappa shape index (κ3) is 4.56. The quantitative estimate of drug-likeness (QED) is 0.832. The second-order valence-electron chi connectivity index (χ2n) is 9.09. The Balaban J connectivity index is 1.72. The molecular formula is C21H34N4O. The lowest BCUT2D eigenvalue weighted by Gasteiger charge is -2.39. The molecule has 1 amide bonds. The van der Waals surface area contributed by atoms with Gasteiger partial charge in [-0.2, -0.15) is 0 Å². The van der Waals surface area contributed by atoms with Gasteiger partial charge in [0.25, 0.3) is 0 Å². The molecule has 1 unspecified atom stereocenters. The molecule has 0 spiro atoms. The number of carbonyl (C=O) groups excluding carboxylic acids is 1. The van der Waals surface area contributed by atoms with Crippen LogP contribution in [0, 0.1) is 12.3 Å². The summed E-state index contributed by atoms with van der Waals surface area (Å²) in [4.78, 5) is 23.7. The number of carbonyl (C=O) groups is 1. The van der Waals surface area contributed by atoms with Gasteiger partial charge in [0.05, 0.1) is 11.7 Å². The number of pyridine rings is 1. The minimum Gasteiger partial charge on any atom is -0.369 e. The Morgan fingerprint density at radius 3 is 2.46 bits per heavy atom. The van der Waals surface area contributed by atoms with E-state index in [2.05, 4.69) is 49.6 Å². The van der Waals surface area contributed by atoms with Crippen molar-refractivity contribution in [1.82, 2.24) is 14.8 Å². The van der Waals surface area contributed by atoms with Crippen molar-refractivity contribution < 1.29 is 4.79 Å². The van der Waals surface area contributed by atoms with E-state index in [0.29, 0.717) is 5.41 Å². The second-order valence-corrected chi connectivity index (χ2v) is 9.09. The van der Waals surface area contributed by atoms with Crippen LogP contribution in [0.25, 0.3) is 0 Å². The predicted octanol–water partition coefficient (Wildman–Crippen LogP) is 3.24. The van der Waals surface area contributed by atoms with E-state index in [9.17, 15) is 4.79 Å². The molecule has 1 aromatic rings. The van der Waals surface area contributed by atoms with Crippen LogP contribution in [-0.4, -0.2) is 60.0 Å². The predicted molar refractivity (Wildman–Crippen MR) is 106 cm³/mol. The number of nitrogens with zero attached hydrogens (tertiary/aromatic N) is 4. The van der Waals surface area contributed by atoms with E-state index in [1.165, 1.54) is 5.69 Å². The topological polar surface area (TPSA) is 39.7 Å². The Kier molecular flexibility index (Phi) is 5.56. The van der Waals surface area contributed by atoms with E-state index in [1.54, 1.807) is 6.92 Å². The lowest BCUT2D eigenvalue weighted by molar-refractivity contribution is -0.129. The molecule has 5 heteroatoms. The highest BCUT2D eigenvalue weighted by molar-refractivity contribution is 5.74. The third-order valence-corrected chi connectivity index (χ3v) is 5.39. The molecule has 0 radical (unpaired) electrons. The van der Waals surface area contributed by atoms with Gasteiger partial charge in [-0.05, 0) is 37.3 Å². The van der Waals surface area contributed by atoms with Crippen molar-refractivity contribution in [2.45, 2.75) is 53.5 Å². The molecule has 0 N–H and O–H groups in total. The van der Waals surface area contributed by atoms with Gasteiger partial charge in [0.15, 0.2) is 0 Å². The zero-order valence-electron chi connectivity index (χ0n) is 17.1. The average Bonchev–Trinajstić information content (AvgIpc) is 3.03. The maximum absolute atomic E-state index is 11.9. The van der Waals surface area contributed by atoms with Gasteiger partial charge in [-0.15, -0.1) is 0 Å². The Morgan fingerprint density at radius 1 is 1.15 bits per heavy atom. The summed E-state index contributed by atoms with van der Waals surface area (Å²) >= 11 is 0. The highest BCUT2D eigenvalue weighted by atomic mass is 16.2. The third-order valence-electron chi connectivity index (χ3n) is 5.39. The first-order valence-electron chi connectivity index (χ1n) is 9.96. The molecule has 2 aliphatic heterocycles. The van der Waals surface area contributed by atoms with E-state index in [1.807, 2.05) is 4.90 Å². The summed E-state index contributed by atoms with van der Waals surface area (Å²) in [7, 11) is 0. The van der Waals surface area contributed by atoms with E-state index >= 15 is 0 Å². The van der Waals surface area contributed by atoms with Crippen LogP contribution < -0.4 is 4.90 Å². The molecule has 26 heavy (non-hydrogen) atoms. The molecular weight excluding hydrogens is 324 g/mol. The fourth-order valence-corrected chi connectivity index (χ4v) is 4.31. The molecule has 3 heterocycles. The number of aryl methyl sites for hydroxylation is 1. The van der Waals surface area contributed by atoms with Gasteiger partial charge in [0.2, 0.25) is 5.91 Å². The van der Waals surface area contributed by atoms with Crippen LogP contribution in [-0.2, 0) is 4.79 Å². The number of rotatable bonds is 3. The molecule has 1 aromatic heterocycles. The Bertz CT molecular complexity index is 644. The summed E-state index contributed by atoms with van der Waals surface area (Å²) in [6, 6.07) is 4.56.